The van der Waals surface area contributed by atoms with Gasteiger partial charge in [0, 0.05) is 29.2 Å². The van der Waals surface area contributed by atoms with Gasteiger partial charge >= 0.3 is 0 Å². The lowest BCUT2D eigenvalue weighted by molar-refractivity contribution is -0.117. The summed E-state index contributed by atoms with van der Waals surface area (Å²) >= 11 is 5.99. The van der Waals surface area contributed by atoms with Crippen molar-refractivity contribution in [3.8, 4) is 11.1 Å². The Morgan fingerprint density at radius 1 is 1.00 bits per heavy atom. The number of hydrogen-bond donors (Lipinski definition) is 1. The predicted molar refractivity (Wildman–Crippen MR) is 94.0 cm³/mol. The summed E-state index contributed by atoms with van der Waals surface area (Å²) in [6, 6.07) is 13.4. The Balaban J connectivity index is 1.79. The SMILES string of the molecule is O=C1Nc2nccc(-c3ccc(Cl)cc3)c2C1Cc1ccncc1. The molecule has 1 N–H and O–H groups in total. The number of rotatable bonds is 3. The number of aromatic nitrogens is 2. The Kier molecular flexibility index (Phi) is 3.75. The third-order valence-corrected chi connectivity index (χ3v) is 4.49. The highest BCUT2D eigenvalue weighted by atomic mass is 35.5. The standard InChI is InChI=1S/C19H14ClN3O/c20-14-3-1-13(2-4-14)15-7-10-22-18-17(15)16(19(24)23-18)11-12-5-8-21-9-6-12/h1-10,16H,11H2,(H,22,23,24). The van der Waals surface area contributed by atoms with Gasteiger partial charge in [0.25, 0.3) is 0 Å². The van der Waals surface area contributed by atoms with E-state index in [4.69, 9.17) is 11.6 Å². The molecular formula is C19H14ClN3O. The molecule has 1 atom stereocenters. The van der Waals surface area contributed by atoms with Gasteiger partial charge in [-0.15, -0.1) is 0 Å². The van der Waals surface area contributed by atoms with E-state index in [0.717, 1.165) is 22.3 Å². The summed E-state index contributed by atoms with van der Waals surface area (Å²) in [5, 5.41) is 3.58. The number of halogens is 1. The van der Waals surface area contributed by atoms with E-state index in [9.17, 15) is 4.79 Å². The Morgan fingerprint density at radius 2 is 1.75 bits per heavy atom. The fourth-order valence-corrected chi connectivity index (χ4v) is 3.22. The predicted octanol–water partition coefficient (Wildman–Crippen LogP) is 4.08. The Morgan fingerprint density at radius 3 is 2.50 bits per heavy atom. The molecule has 4 rings (SSSR count). The fraction of sp³-hybridized carbons (Fsp3) is 0.105. The maximum absolute atomic E-state index is 12.5. The van der Waals surface area contributed by atoms with Crippen molar-refractivity contribution in [2.75, 3.05) is 5.32 Å². The van der Waals surface area contributed by atoms with Crippen LogP contribution in [-0.2, 0) is 11.2 Å². The van der Waals surface area contributed by atoms with E-state index < -0.39 is 0 Å². The zero-order valence-corrected chi connectivity index (χ0v) is 13.5. The van der Waals surface area contributed by atoms with E-state index in [1.54, 1.807) is 18.6 Å². The highest BCUT2D eigenvalue weighted by molar-refractivity contribution is 6.30. The number of pyridine rings is 2. The number of hydrogen-bond acceptors (Lipinski definition) is 3. The van der Waals surface area contributed by atoms with Crippen molar-refractivity contribution < 1.29 is 4.79 Å². The van der Waals surface area contributed by atoms with E-state index in [1.807, 2.05) is 42.5 Å². The summed E-state index contributed by atoms with van der Waals surface area (Å²) in [5.74, 6) is 0.365. The van der Waals surface area contributed by atoms with Crippen molar-refractivity contribution in [3.63, 3.8) is 0 Å². The minimum atomic E-state index is -0.262. The van der Waals surface area contributed by atoms with Crippen molar-refractivity contribution in [2.24, 2.45) is 0 Å². The molecule has 0 spiro atoms. The molecule has 24 heavy (non-hydrogen) atoms. The van der Waals surface area contributed by atoms with Gasteiger partial charge < -0.3 is 5.32 Å². The average Bonchev–Trinajstić information content (AvgIpc) is 2.92. The van der Waals surface area contributed by atoms with E-state index in [1.165, 1.54) is 0 Å². The van der Waals surface area contributed by atoms with Gasteiger partial charge in [0.2, 0.25) is 5.91 Å². The van der Waals surface area contributed by atoms with Crippen molar-refractivity contribution >= 4 is 23.3 Å². The zero-order valence-electron chi connectivity index (χ0n) is 12.7. The molecule has 0 radical (unpaired) electrons. The smallest absolute Gasteiger partial charge is 0.233 e. The minimum absolute atomic E-state index is 0.0178. The van der Waals surface area contributed by atoms with Gasteiger partial charge in [0.15, 0.2) is 0 Å². The summed E-state index contributed by atoms with van der Waals surface area (Å²) in [6.07, 6.45) is 5.82. The Labute approximate surface area is 144 Å². The molecule has 1 amide bonds. The second-order valence-electron chi connectivity index (χ2n) is 5.73. The average molecular weight is 336 g/mol. The number of carbonyl (C=O) groups excluding carboxylic acids is 1. The molecule has 1 aliphatic heterocycles. The maximum atomic E-state index is 12.5. The Bertz CT molecular complexity index is 894. The molecule has 0 aliphatic carbocycles. The summed E-state index contributed by atoms with van der Waals surface area (Å²) < 4.78 is 0. The van der Waals surface area contributed by atoms with Crippen LogP contribution in [-0.4, -0.2) is 15.9 Å². The zero-order chi connectivity index (χ0) is 16.5. The first kappa shape index (κ1) is 14.8. The largest absolute Gasteiger partial charge is 0.310 e. The topological polar surface area (TPSA) is 54.9 Å². The van der Waals surface area contributed by atoms with Gasteiger partial charge in [0.1, 0.15) is 5.82 Å². The number of anilines is 1. The first-order chi connectivity index (χ1) is 11.7. The highest BCUT2D eigenvalue weighted by Crippen LogP contribution is 2.40. The van der Waals surface area contributed by atoms with Crippen LogP contribution < -0.4 is 5.32 Å². The lowest BCUT2D eigenvalue weighted by Crippen LogP contribution is -2.14. The van der Waals surface area contributed by atoms with Gasteiger partial charge in [-0.2, -0.15) is 0 Å². The fourth-order valence-electron chi connectivity index (χ4n) is 3.09. The lowest BCUT2D eigenvalue weighted by Gasteiger charge is -2.13. The van der Waals surface area contributed by atoms with Crippen LogP contribution in [0.3, 0.4) is 0 Å². The molecule has 2 aromatic heterocycles. The van der Waals surface area contributed by atoms with Crippen molar-refractivity contribution in [1.82, 2.24) is 9.97 Å². The van der Waals surface area contributed by atoms with Gasteiger partial charge in [0.05, 0.1) is 5.92 Å². The third-order valence-electron chi connectivity index (χ3n) is 4.24. The van der Waals surface area contributed by atoms with Crippen LogP contribution in [0, 0.1) is 0 Å². The molecule has 4 nitrogen and oxygen atoms in total. The number of fused-ring (bicyclic) bond motifs is 1. The molecule has 0 saturated heterocycles. The summed E-state index contributed by atoms with van der Waals surface area (Å²) in [6.45, 7) is 0. The molecule has 1 unspecified atom stereocenters. The van der Waals surface area contributed by atoms with Crippen molar-refractivity contribution in [1.29, 1.82) is 0 Å². The molecule has 5 heteroatoms. The lowest BCUT2D eigenvalue weighted by atomic mass is 9.89. The first-order valence-electron chi connectivity index (χ1n) is 7.67. The molecule has 0 bridgehead atoms. The summed E-state index contributed by atoms with van der Waals surface area (Å²) in [4.78, 5) is 20.9. The molecule has 1 aromatic carbocycles. The van der Waals surface area contributed by atoms with Crippen LogP contribution in [0.4, 0.5) is 5.82 Å². The number of carbonyl (C=O) groups is 1. The van der Waals surface area contributed by atoms with E-state index in [0.29, 0.717) is 17.3 Å². The van der Waals surface area contributed by atoms with Gasteiger partial charge in [-0.25, -0.2) is 4.98 Å². The number of amides is 1. The van der Waals surface area contributed by atoms with Crippen molar-refractivity contribution in [2.45, 2.75) is 12.3 Å². The number of nitrogens with one attached hydrogen (secondary N) is 1. The summed E-state index contributed by atoms with van der Waals surface area (Å²) in [7, 11) is 0. The second-order valence-corrected chi connectivity index (χ2v) is 6.17. The number of benzene rings is 1. The van der Waals surface area contributed by atoms with Gasteiger partial charge in [-0.05, 0) is 53.4 Å². The highest BCUT2D eigenvalue weighted by Gasteiger charge is 2.34. The molecular weight excluding hydrogens is 322 g/mol. The maximum Gasteiger partial charge on any atom is 0.233 e. The minimum Gasteiger partial charge on any atom is -0.310 e. The van der Waals surface area contributed by atoms with Crippen LogP contribution in [0.2, 0.25) is 5.02 Å². The third kappa shape index (κ3) is 2.65. The van der Waals surface area contributed by atoms with Crippen molar-refractivity contribution in [3.05, 3.63) is 77.2 Å². The first-order valence-corrected chi connectivity index (χ1v) is 8.05. The van der Waals surface area contributed by atoms with Crippen LogP contribution in [0.15, 0.2) is 61.1 Å². The Hall–Kier alpha value is -2.72. The number of nitrogens with zero attached hydrogens (tertiary/aromatic N) is 2. The van der Waals surface area contributed by atoms with Crippen LogP contribution in [0.5, 0.6) is 0 Å². The van der Waals surface area contributed by atoms with Crippen LogP contribution in [0.25, 0.3) is 11.1 Å². The second kappa shape index (κ2) is 6.06. The molecule has 0 saturated carbocycles. The molecule has 3 aromatic rings. The molecule has 1 aliphatic rings. The molecule has 0 fully saturated rings. The monoisotopic (exact) mass is 335 g/mol. The van der Waals surface area contributed by atoms with E-state index in [2.05, 4.69) is 15.3 Å². The normalized spacial score (nSPS) is 15.9. The van der Waals surface area contributed by atoms with Crippen LogP contribution in [0.1, 0.15) is 17.0 Å². The molecule has 3 heterocycles. The van der Waals surface area contributed by atoms with E-state index >= 15 is 0 Å². The van der Waals surface area contributed by atoms with Gasteiger partial charge in [-0.1, -0.05) is 23.7 Å². The van der Waals surface area contributed by atoms with Gasteiger partial charge in [-0.3, -0.25) is 9.78 Å². The quantitative estimate of drug-likeness (QED) is 0.784. The van der Waals surface area contributed by atoms with Crippen LogP contribution >= 0.6 is 11.6 Å². The van der Waals surface area contributed by atoms with E-state index in [-0.39, 0.29) is 11.8 Å². The molecule has 118 valence electrons. The summed E-state index contributed by atoms with van der Waals surface area (Å²) in [5.41, 5.74) is 4.05.